The van der Waals surface area contributed by atoms with Crippen LogP contribution in [0.1, 0.15) is 5.56 Å². The number of thiazole rings is 1. The molecular weight excluding hydrogens is 261 g/mol. The van der Waals surface area contributed by atoms with Crippen LogP contribution in [0.4, 0.5) is 21.5 Å². The summed E-state index contributed by atoms with van der Waals surface area (Å²) in [5, 5.41) is 3.06. The van der Waals surface area contributed by atoms with E-state index in [4.69, 9.17) is 5.73 Å². The first-order chi connectivity index (χ1) is 9.16. The van der Waals surface area contributed by atoms with Crippen LogP contribution in [0.2, 0.25) is 0 Å². The molecule has 19 heavy (non-hydrogen) atoms. The van der Waals surface area contributed by atoms with Crippen LogP contribution in [-0.2, 0) is 0 Å². The molecule has 0 saturated heterocycles. The summed E-state index contributed by atoms with van der Waals surface area (Å²) in [6.07, 6.45) is 0. The fraction of sp³-hybridized carbons (Fsp3) is 0.0714. The molecule has 0 saturated carbocycles. The highest BCUT2D eigenvalue weighted by atomic mass is 32.1. The van der Waals surface area contributed by atoms with Gasteiger partial charge in [-0.2, -0.15) is 0 Å². The normalized spacial score (nSPS) is 10.8. The second kappa shape index (κ2) is 4.51. The van der Waals surface area contributed by atoms with Gasteiger partial charge in [0.15, 0.2) is 0 Å². The van der Waals surface area contributed by atoms with E-state index in [1.807, 2.05) is 25.1 Å². The molecule has 0 bridgehead atoms. The number of aromatic nitrogens is 1. The molecule has 96 valence electrons. The fourth-order valence-corrected chi connectivity index (χ4v) is 2.68. The van der Waals surface area contributed by atoms with Crippen LogP contribution in [0.5, 0.6) is 0 Å². The zero-order chi connectivity index (χ0) is 13.4. The Morgan fingerprint density at radius 1 is 1.26 bits per heavy atom. The van der Waals surface area contributed by atoms with Crippen LogP contribution in [0.15, 0.2) is 35.8 Å². The van der Waals surface area contributed by atoms with Gasteiger partial charge >= 0.3 is 0 Å². The smallest absolute Gasteiger partial charge is 0.146 e. The van der Waals surface area contributed by atoms with Crippen molar-refractivity contribution in [2.45, 2.75) is 6.92 Å². The van der Waals surface area contributed by atoms with E-state index in [1.165, 1.54) is 17.4 Å². The molecule has 1 aromatic heterocycles. The van der Waals surface area contributed by atoms with Crippen molar-refractivity contribution in [3.05, 3.63) is 47.2 Å². The van der Waals surface area contributed by atoms with Crippen LogP contribution >= 0.6 is 11.3 Å². The van der Waals surface area contributed by atoms with Gasteiger partial charge in [-0.15, -0.1) is 11.3 Å². The Balaban J connectivity index is 2.08. The van der Waals surface area contributed by atoms with Gasteiger partial charge in [-0.05, 0) is 30.7 Å². The SMILES string of the molecule is Cc1cccc(F)c1Nc1ccc2scnc2c1N. The van der Waals surface area contributed by atoms with Crippen LogP contribution < -0.4 is 11.1 Å². The van der Waals surface area contributed by atoms with Crippen molar-refractivity contribution in [3.63, 3.8) is 0 Å². The van der Waals surface area contributed by atoms with Crippen LogP contribution in [0, 0.1) is 12.7 Å². The number of hydrogen-bond acceptors (Lipinski definition) is 4. The maximum atomic E-state index is 13.8. The Labute approximate surface area is 113 Å². The highest BCUT2D eigenvalue weighted by Gasteiger charge is 2.10. The molecule has 0 aliphatic rings. The number of halogens is 1. The molecule has 0 unspecified atom stereocenters. The third-order valence-corrected chi connectivity index (χ3v) is 3.82. The topological polar surface area (TPSA) is 50.9 Å². The van der Waals surface area contributed by atoms with Crippen molar-refractivity contribution < 1.29 is 4.39 Å². The summed E-state index contributed by atoms with van der Waals surface area (Å²) in [5.74, 6) is -0.294. The number of nitrogen functional groups attached to an aromatic ring is 1. The maximum absolute atomic E-state index is 13.8. The molecule has 5 heteroatoms. The molecule has 1 heterocycles. The Morgan fingerprint density at radius 2 is 2.11 bits per heavy atom. The fourth-order valence-electron chi connectivity index (χ4n) is 1.99. The Bertz CT molecular complexity index is 731. The maximum Gasteiger partial charge on any atom is 0.146 e. The minimum Gasteiger partial charge on any atom is -0.395 e. The largest absolute Gasteiger partial charge is 0.395 e. The second-order valence-electron chi connectivity index (χ2n) is 4.28. The molecule has 3 N–H and O–H groups in total. The number of anilines is 3. The number of nitrogens with two attached hydrogens (primary N) is 1. The highest BCUT2D eigenvalue weighted by molar-refractivity contribution is 7.16. The Kier molecular flexibility index (Phi) is 2.83. The van der Waals surface area contributed by atoms with E-state index in [-0.39, 0.29) is 5.82 Å². The zero-order valence-corrected chi connectivity index (χ0v) is 11.1. The number of hydrogen-bond donors (Lipinski definition) is 2. The van der Waals surface area contributed by atoms with Crippen molar-refractivity contribution in [1.82, 2.24) is 4.98 Å². The van der Waals surface area contributed by atoms with Crippen molar-refractivity contribution in [3.8, 4) is 0 Å². The third kappa shape index (κ3) is 2.02. The van der Waals surface area contributed by atoms with Crippen LogP contribution in [0.25, 0.3) is 10.2 Å². The lowest BCUT2D eigenvalue weighted by molar-refractivity contribution is 0.631. The molecule has 2 aromatic carbocycles. The minimum absolute atomic E-state index is 0.294. The highest BCUT2D eigenvalue weighted by Crippen LogP contribution is 2.33. The number of rotatable bonds is 2. The summed E-state index contributed by atoms with van der Waals surface area (Å²) >= 11 is 1.53. The number of aryl methyl sites for hydroxylation is 1. The molecule has 0 amide bonds. The van der Waals surface area contributed by atoms with Crippen molar-refractivity contribution in [2.75, 3.05) is 11.1 Å². The van der Waals surface area contributed by atoms with E-state index in [9.17, 15) is 4.39 Å². The summed E-state index contributed by atoms with van der Waals surface area (Å²) < 4.78 is 14.8. The lowest BCUT2D eigenvalue weighted by Gasteiger charge is -2.12. The standard InChI is InChI=1S/C14H12FN3S/c1-8-3-2-4-9(15)13(8)18-10-5-6-11-14(12(10)16)17-7-19-11/h2-7,18H,16H2,1H3. The van der Waals surface area contributed by atoms with E-state index >= 15 is 0 Å². The van der Waals surface area contributed by atoms with Crippen molar-refractivity contribution >= 4 is 38.6 Å². The monoisotopic (exact) mass is 273 g/mol. The molecular formula is C14H12FN3S. The van der Waals surface area contributed by atoms with E-state index in [2.05, 4.69) is 10.3 Å². The van der Waals surface area contributed by atoms with Gasteiger partial charge in [0, 0.05) is 0 Å². The molecule has 0 fully saturated rings. The molecule has 3 nitrogen and oxygen atoms in total. The summed E-state index contributed by atoms with van der Waals surface area (Å²) in [4.78, 5) is 4.23. The van der Waals surface area contributed by atoms with Gasteiger partial charge in [-0.1, -0.05) is 12.1 Å². The third-order valence-electron chi connectivity index (χ3n) is 3.02. The quantitative estimate of drug-likeness (QED) is 0.692. The Hall–Kier alpha value is -2.14. The van der Waals surface area contributed by atoms with Crippen LogP contribution in [-0.4, -0.2) is 4.98 Å². The first-order valence-corrected chi connectivity index (χ1v) is 6.68. The number of nitrogens with zero attached hydrogens (tertiary/aromatic N) is 1. The molecule has 0 aliphatic carbocycles. The number of fused-ring (bicyclic) bond motifs is 1. The molecule has 3 rings (SSSR count). The lowest BCUT2D eigenvalue weighted by atomic mass is 10.1. The van der Waals surface area contributed by atoms with E-state index in [1.54, 1.807) is 11.6 Å². The van der Waals surface area contributed by atoms with Gasteiger partial charge in [0.2, 0.25) is 0 Å². The van der Waals surface area contributed by atoms with Crippen LogP contribution in [0.3, 0.4) is 0 Å². The van der Waals surface area contributed by atoms with Gasteiger partial charge in [-0.3, -0.25) is 0 Å². The predicted molar refractivity (Wildman–Crippen MR) is 78.5 cm³/mol. The van der Waals surface area contributed by atoms with Crippen molar-refractivity contribution in [2.24, 2.45) is 0 Å². The number of benzene rings is 2. The average molecular weight is 273 g/mol. The zero-order valence-electron chi connectivity index (χ0n) is 10.3. The van der Waals surface area contributed by atoms with Gasteiger partial charge < -0.3 is 11.1 Å². The van der Waals surface area contributed by atoms with Gasteiger partial charge in [0.05, 0.1) is 27.3 Å². The first kappa shape index (κ1) is 11.9. The summed E-state index contributed by atoms with van der Waals surface area (Å²) in [5.41, 5.74) is 11.1. The van der Waals surface area contributed by atoms with E-state index in [0.717, 1.165) is 15.8 Å². The minimum atomic E-state index is -0.294. The second-order valence-corrected chi connectivity index (χ2v) is 5.17. The predicted octanol–water partition coefficient (Wildman–Crippen LogP) is 4.07. The molecule has 0 aliphatic heterocycles. The average Bonchev–Trinajstić information content (AvgIpc) is 2.85. The summed E-state index contributed by atoms with van der Waals surface area (Å²) in [7, 11) is 0. The summed E-state index contributed by atoms with van der Waals surface area (Å²) in [6.45, 7) is 1.85. The molecule has 0 atom stereocenters. The molecule has 0 radical (unpaired) electrons. The van der Waals surface area contributed by atoms with Gasteiger partial charge in [0.25, 0.3) is 0 Å². The number of nitrogens with one attached hydrogen (secondary N) is 1. The molecule has 3 aromatic rings. The van der Waals surface area contributed by atoms with E-state index in [0.29, 0.717) is 17.1 Å². The van der Waals surface area contributed by atoms with Crippen molar-refractivity contribution in [1.29, 1.82) is 0 Å². The first-order valence-electron chi connectivity index (χ1n) is 5.80. The van der Waals surface area contributed by atoms with Gasteiger partial charge in [0.1, 0.15) is 11.3 Å². The van der Waals surface area contributed by atoms with Gasteiger partial charge in [-0.25, -0.2) is 9.37 Å². The summed E-state index contributed by atoms with van der Waals surface area (Å²) in [6, 6.07) is 8.74. The van der Waals surface area contributed by atoms with E-state index < -0.39 is 0 Å². The lowest BCUT2D eigenvalue weighted by Crippen LogP contribution is -2.00. The number of para-hydroxylation sites is 1. The molecule has 0 spiro atoms. The Morgan fingerprint density at radius 3 is 2.89 bits per heavy atom.